The van der Waals surface area contributed by atoms with Crippen molar-refractivity contribution in [3.63, 3.8) is 0 Å². The molecule has 200 valence electrons. The zero-order chi connectivity index (χ0) is 27.6. The van der Waals surface area contributed by atoms with Gasteiger partial charge in [0.05, 0.1) is 29.9 Å². The number of para-hydroxylation sites is 1. The number of hydrogen-bond donors (Lipinski definition) is 3. The van der Waals surface area contributed by atoms with Crippen molar-refractivity contribution >= 4 is 52.3 Å². The highest BCUT2D eigenvalue weighted by Crippen LogP contribution is 2.28. The minimum Gasteiger partial charge on any atom is -0.438 e. The average molecular weight is 550 g/mol. The Labute approximate surface area is 219 Å². The molecule has 0 spiro atoms. The quantitative estimate of drug-likeness (QED) is 0.328. The molecule has 1 fully saturated rings. The molecule has 1 aromatic heterocycles. The van der Waals surface area contributed by atoms with Crippen LogP contribution in [0.4, 0.5) is 28.9 Å². The van der Waals surface area contributed by atoms with Crippen LogP contribution >= 0.6 is 11.6 Å². The number of carbonyl (C=O) groups is 4. The lowest BCUT2D eigenvalue weighted by Gasteiger charge is -2.24. The summed E-state index contributed by atoms with van der Waals surface area (Å²) in [6, 6.07) is 5.99. The molecule has 2 heterocycles. The van der Waals surface area contributed by atoms with Crippen LogP contribution in [0.15, 0.2) is 42.6 Å². The fourth-order valence-corrected chi connectivity index (χ4v) is 4.39. The van der Waals surface area contributed by atoms with Gasteiger partial charge in [-0.25, -0.2) is 23.2 Å². The Hall–Kier alpha value is -4.39. The molecule has 11 nitrogen and oxygen atoms in total. The second kappa shape index (κ2) is 10.9. The fourth-order valence-electron chi connectivity index (χ4n) is 4.21. The van der Waals surface area contributed by atoms with Crippen molar-refractivity contribution in [1.29, 1.82) is 0 Å². The molecule has 0 unspecified atom stereocenters. The normalized spacial score (nSPS) is 16.8. The van der Waals surface area contributed by atoms with Gasteiger partial charge < -0.3 is 30.7 Å². The smallest absolute Gasteiger partial charge is 0.438 e. The van der Waals surface area contributed by atoms with Crippen molar-refractivity contribution in [1.82, 2.24) is 14.8 Å². The Morgan fingerprint density at radius 2 is 1.89 bits per heavy atom. The van der Waals surface area contributed by atoms with Gasteiger partial charge >= 0.3 is 18.2 Å². The van der Waals surface area contributed by atoms with E-state index in [1.54, 1.807) is 24.3 Å². The van der Waals surface area contributed by atoms with Gasteiger partial charge in [-0.05, 0) is 18.2 Å². The largest absolute Gasteiger partial charge is 0.508 e. The number of aromatic nitrogens is 1. The Kier molecular flexibility index (Phi) is 7.67. The minimum absolute atomic E-state index is 0.113. The summed E-state index contributed by atoms with van der Waals surface area (Å²) >= 11 is 5.71. The molecule has 1 saturated heterocycles. The van der Waals surface area contributed by atoms with Crippen molar-refractivity contribution in [2.75, 3.05) is 19.0 Å². The molecule has 4 N–H and O–H groups in total. The SMILES string of the molecule is COC(=O)O[C@H]1C[C@@H](C(=O)NCc2c(F)ccc(Cl)c2F)N(C(=O)Nc2cn(C(N)=O)c3ccccc23)C1. The van der Waals surface area contributed by atoms with Gasteiger partial charge in [-0.3, -0.25) is 9.36 Å². The summed E-state index contributed by atoms with van der Waals surface area (Å²) in [6.07, 6.45) is -0.694. The number of methoxy groups -OCH3 is 1. The molecular weight excluding hydrogens is 528 g/mol. The van der Waals surface area contributed by atoms with Crippen molar-refractivity contribution in [2.24, 2.45) is 5.73 Å². The molecule has 1 aliphatic rings. The van der Waals surface area contributed by atoms with Crippen molar-refractivity contribution < 1.29 is 37.4 Å². The minimum atomic E-state index is -1.18. The summed E-state index contributed by atoms with van der Waals surface area (Å²) in [4.78, 5) is 50.9. The van der Waals surface area contributed by atoms with E-state index in [9.17, 15) is 28.0 Å². The number of halogens is 3. The number of benzene rings is 2. The van der Waals surface area contributed by atoms with E-state index in [0.29, 0.717) is 10.9 Å². The summed E-state index contributed by atoms with van der Waals surface area (Å²) in [5.74, 6) is -2.69. The van der Waals surface area contributed by atoms with E-state index >= 15 is 0 Å². The van der Waals surface area contributed by atoms with Crippen LogP contribution in [0, 0.1) is 11.6 Å². The summed E-state index contributed by atoms with van der Waals surface area (Å²) in [5, 5.41) is 5.23. The zero-order valence-electron chi connectivity index (χ0n) is 19.9. The van der Waals surface area contributed by atoms with E-state index in [2.05, 4.69) is 15.4 Å². The summed E-state index contributed by atoms with van der Waals surface area (Å²) in [6.45, 7) is -0.731. The molecule has 4 rings (SSSR count). The molecule has 0 bridgehead atoms. The first kappa shape index (κ1) is 26.7. The van der Waals surface area contributed by atoms with Crippen LogP contribution in [0.25, 0.3) is 10.9 Å². The molecule has 1 aliphatic heterocycles. The summed E-state index contributed by atoms with van der Waals surface area (Å²) < 4.78 is 39.1. The van der Waals surface area contributed by atoms with Crippen LogP contribution in [0.1, 0.15) is 12.0 Å². The average Bonchev–Trinajstić information content (AvgIpc) is 3.48. The number of anilines is 1. The molecule has 0 radical (unpaired) electrons. The predicted molar refractivity (Wildman–Crippen MR) is 132 cm³/mol. The topological polar surface area (TPSA) is 145 Å². The number of rotatable bonds is 5. The van der Waals surface area contributed by atoms with Crippen LogP contribution in [0.2, 0.25) is 5.02 Å². The number of hydrogen-bond acceptors (Lipinski definition) is 6. The lowest BCUT2D eigenvalue weighted by molar-refractivity contribution is -0.124. The van der Waals surface area contributed by atoms with E-state index in [0.717, 1.165) is 28.7 Å². The fraction of sp³-hybridized carbons (Fsp3) is 0.250. The molecule has 38 heavy (non-hydrogen) atoms. The van der Waals surface area contributed by atoms with Gasteiger partial charge in [-0.1, -0.05) is 29.8 Å². The van der Waals surface area contributed by atoms with Gasteiger partial charge in [-0.2, -0.15) is 0 Å². The number of primary amides is 1. The standard InChI is InChI=1S/C24H22ClF2N5O6/c1-37-24(36)38-12-8-19(21(33)29-9-14-16(26)7-6-15(25)20(14)27)32(10-12)23(35)30-17-11-31(22(28)34)18-5-3-2-4-13(17)18/h2-7,11-12,19H,8-10H2,1H3,(H2,28,34)(H,29,33)(H,30,35)/t12-,19-/m0/s1. The Morgan fingerprint density at radius 1 is 1.16 bits per heavy atom. The van der Waals surface area contributed by atoms with E-state index in [1.165, 1.54) is 6.20 Å². The van der Waals surface area contributed by atoms with Gasteiger partial charge in [0, 0.05) is 30.1 Å². The van der Waals surface area contributed by atoms with E-state index in [-0.39, 0.29) is 23.7 Å². The first-order valence-corrected chi connectivity index (χ1v) is 11.6. The van der Waals surface area contributed by atoms with Crippen molar-refractivity contribution in [2.45, 2.75) is 25.1 Å². The van der Waals surface area contributed by atoms with Crippen molar-refractivity contribution in [3.8, 4) is 0 Å². The molecule has 14 heteroatoms. The number of carbonyl (C=O) groups excluding carboxylic acids is 4. The predicted octanol–water partition coefficient (Wildman–Crippen LogP) is 3.57. The van der Waals surface area contributed by atoms with Crippen LogP contribution < -0.4 is 16.4 Å². The highest BCUT2D eigenvalue weighted by Gasteiger charge is 2.42. The van der Waals surface area contributed by atoms with Gasteiger partial charge in [0.2, 0.25) is 5.91 Å². The maximum atomic E-state index is 14.3. The second-order valence-electron chi connectivity index (χ2n) is 8.34. The van der Waals surface area contributed by atoms with Crippen LogP contribution in [0.5, 0.6) is 0 Å². The number of urea groups is 1. The number of ether oxygens (including phenoxy) is 2. The number of nitrogens with zero attached hydrogens (tertiary/aromatic N) is 2. The van der Waals surface area contributed by atoms with Gasteiger partial charge in [0.15, 0.2) is 0 Å². The van der Waals surface area contributed by atoms with E-state index in [4.69, 9.17) is 22.1 Å². The number of nitrogens with one attached hydrogen (secondary N) is 2. The third-order valence-corrected chi connectivity index (χ3v) is 6.32. The molecular formula is C24H22ClF2N5O6. The van der Waals surface area contributed by atoms with Crippen LogP contribution in [-0.4, -0.2) is 59.4 Å². The maximum Gasteiger partial charge on any atom is 0.508 e. The maximum absolute atomic E-state index is 14.3. The monoisotopic (exact) mass is 549 g/mol. The number of nitrogens with two attached hydrogens (primary N) is 1. The zero-order valence-corrected chi connectivity index (χ0v) is 20.6. The van der Waals surface area contributed by atoms with Crippen LogP contribution in [0.3, 0.4) is 0 Å². The van der Waals surface area contributed by atoms with Gasteiger partial charge in [0.1, 0.15) is 23.8 Å². The van der Waals surface area contributed by atoms with E-state index < -0.39 is 60.0 Å². The van der Waals surface area contributed by atoms with Gasteiger partial charge in [0.25, 0.3) is 0 Å². The molecule has 2 aromatic carbocycles. The van der Waals surface area contributed by atoms with Crippen LogP contribution in [-0.2, 0) is 20.8 Å². The molecule has 0 saturated carbocycles. The lowest BCUT2D eigenvalue weighted by Crippen LogP contribution is -2.47. The second-order valence-corrected chi connectivity index (χ2v) is 8.74. The van der Waals surface area contributed by atoms with Crippen molar-refractivity contribution in [3.05, 3.63) is 64.8 Å². The first-order valence-electron chi connectivity index (χ1n) is 11.2. The number of likely N-dealkylation sites (tertiary alicyclic amines) is 1. The summed E-state index contributed by atoms with van der Waals surface area (Å²) in [7, 11) is 1.11. The Morgan fingerprint density at radius 3 is 2.61 bits per heavy atom. The summed E-state index contributed by atoms with van der Waals surface area (Å²) in [5.41, 5.74) is 5.65. The Balaban J connectivity index is 1.56. The number of fused-ring (bicyclic) bond motifs is 1. The third-order valence-electron chi connectivity index (χ3n) is 6.03. The lowest BCUT2D eigenvalue weighted by atomic mass is 10.1. The molecule has 3 aromatic rings. The van der Waals surface area contributed by atoms with Gasteiger partial charge in [-0.15, -0.1) is 0 Å². The first-order chi connectivity index (χ1) is 18.1. The molecule has 2 atom stereocenters. The molecule has 4 amide bonds. The third kappa shape index (κ3) is 5.32. The van der Waals surface area contributed by atoms with E-state index in [1.807, 2.05) is 0 Å². The Bertz CT molecular complexity index is 1430. The molecule has 0 aliphatic carbocycles. The number of amides is 4. The highest BCUT2D eigenvalue weighted by atomic mass is 35.5. The highest BCUT2D eigenvalue weighted by molar-refractivity contribution is 6.30.